The fraction of sp³-hybridized carbons (Fsp3) is 0.318. The number of piperidine rings is 1. The summed E-state index contributed by atoms with van der Waals surface area (Å²) in [5.41, 5.74) is 2.53. The van der Waals surface area contributed by atoms with Gasteiger partial charge < -0.3 is 20.4 Å². The minimum Gasteiger partial charge on any atom is -0.487 e. The van der Waals surface area contributed by atoms with Crippen molar-refractivity contribution in [2.45, 2.75) is 30.9 Å². The topological polar surface area (TPSA) is 66.2 Å². The SMILES string of the molecule is O=C(NC1CC2(CCNCC2)Oc2ccccc21)c1c[nH]c2ccccc12. The first kappa shape index (κ1) is 16.4. The van der Waals surface area contributed by atoms with Gasteiger partial charge in [0, 0.05) is 29.1 Å². The average molecular weight is 361 g/mol. The van der Waals surface area contributed by atoms with E-state index in [2.05, 4.69) is 21.7 Å². The van der Waals surface area contributed by atoms with Crippen molar-refractivity contribution >= 4 is 16.8 Å². The summed E-state index contributed by atoms with van der Waals surface area (Å²) in [7, 11) is 0. The third kappa shape index (κ3) is 2.88. The molecule has 0 aliphatic carbocycles. The van der Waals surface area contributed by atoms with Crippen LogP contribution in [0.5, 0.6) is 5.75 Å². The zero-order valence-corrected chi connectivity index (χ0v) is 15.1. The van der Waals surface area contributed by atoms with Gasteiger partial charge in [0.1, 0.15) is 11.4 Å². The van der Waals surface area contributed by atoms with Gasteiger partial charge in [0.25, 0.3) is 5.91 Å². The van der Waals surface area contributed by atoms with Crippen LogP contribution in [0.15, 0.2) is 54.7 Å². The molecule has 1 fully saturated rings. The molecule has 5 rings (SSSR count). The van der Waals surface area contributed by atoms with Crippen LogP contribution in [0.3, 0.4) is 0 Å². The van der Waals surface area contributed by atoms with Gasteiger partial charge in [-0.05, 0) is 38.1 Å². The molecule has 2 aliphatic heterocycles. The van der Waals surface area contributed by atoms with E-state index in [1.165, 1.54) is 0 Å². The van der Waals surface area contributed by atoms with Crippen LogP contribution in [0, 0.1) is 0 Å². The second-order valence-corrected chi connectivity index (χ2v) is 7.55. The van der Waals surface area contributed by atoms with Gasteiger partial charge >= 0.3 is 0 Å². The first-order chi connectivity index (χ1) is 13.2. The summed E-state index contributed by atoms with van der Waals surface area (Å²) in [5.74, 6) is 0.855. The molecule has 138 valence electrons. The Balaban J connectivity index is 1.47. The number of nitrogens with one attached hydrogen (secondary N) is 3. The highest BCUT2D eigenvalue weighted by Gasteiger charge is 2.42. The van der Waals surface area contributed by atoms with Crippen molar-refractivity contribution in [3.63, 3.8) is 0 Å². The summed E-state index contributed by atoms with van der Waals surface area (Å²) in [6.45, 7) is 1.90. The van der Waals surface area contributed by atoms with E-state index in [1.807, 2.05) is 42.5 Å². The third-order valence-electron chi connectivity index (χ3n) is 5.85. The van der Waals surface area contributed by atoms with E-state index in [-0.39, 0.29) is 17.6 Å². The number of aromatic amines is 1. The van der Waals surface area contributed by atoms with Gasteiger partial charge in [0.05, 0.1) is 11.6 Å². The lowest BCUT2D eigenvalue weighted by Crippen LogP contribution is -2.51. The molecule has 2 aromatic carbocycles. The highest BCUT2D eigenvalue weighted by atomic mass is 16.5. The molecule has 1 aromatic heterocycles. The smallest absolute Gasteiger partial charge is 0.253 e. The second kappa shape index (κ2) is 6.43. The van der Waals surface area contributed by atoms with E-state index >= 15 is 0 Å². The van der Waals surface area contributed by atoms with Crippen molar-refractivity contribution < 1.29 is 9.53 Å². The van der Waals surface area contributed by atoms with Gasteiger partial charge in [-0.3, -0.25) is 4.79 Å². The summed E-state index contributed by atoms with van der Waals surface area (Å²) in [6.07, 6.45) is 4.52. The van der Waals surface area contributed by atoms with E-state index in [9.17, 15) is 4.79 Å². The minimum absolute atomic E-state index is 0.0433. The quantitative estimate of drug-likeness (QED) is 0.654. The molecule has 0 radical (unpaired) electrons. The van der Waals surface area contributed by atoms with Crippen molar-refractivity contribution in [1.29, 1.82) is 0 Å². The molecule has 3 N–H and O–H groups in total. The van der Waals surface area contributed by atoms with Gasteiger partial charge in [-0.1, -0.05) is 36.4 Å². The maximum Gasteiger partial charge on any atom is 0.253 e. The Morgan fingerprint density at radius 3 is 2.74 bits per heavy atom. The normalized spacial score (nSPS) is 20.8. The Morgan fingerprint density at radius 1 is 1.07 bits per heavy atom. The minimum atomic E-state index is -0.197. The second-order valence-electron chi connectivity index (χ2n) is 7.55. The number of rotatable bonds is 2. The Kier molecular flexibility index (Phi) is 3.90. The van der Waals surface area contributed by atoms with Crippen LogP contribution in [0.4, 0.5) is 0 Å². The predicted octanol–water partition coefficient (Wildman–Crippen LogP) is 3.54. The van der Waals surface area contributed by atoms with Crippen molar-refractivity contribution in [2.24, 2.45) is 0 Å². The molecule has 27 heavy (non-hydrogen) atoms. The molecule has 0 bridgehead atoms. The van der Waals surface area contributed by atoms with Crippen LogP contribution < -0.4 is 15.4 Å². The summed E-state index contributed by atoms with van der Waals surface area (Å²) < 4.78 is 6.44. The van der Waals surface area contributed by atoms with Crippen LogP contribution in [-0.4, -0.2) is 29.6 Å². The van der Waals surface area contributed by atoms with Gasteiger partial charge in [-0.2, -0.15) is 0 Å². The molecular formula is C22H23N3O2. The van der Waals surface area contributed by atoms with Gasteiger partial charge in [-0.25, -0.2) is 0 Å². The number of benzene rings is 2. The maximum absolute atomic E-state index is 13.1. The average Bonchev–Trinajstić information content (AvgIpc) is 3.13. The van der Waals surface area contributed by atoms with Crippen LogP contribution in [0.2, 0.25) is 0 Å². The van der Waals surface area contributed by atoms with Crippen molar-refractivity contribution in [3.05, 3.63) is 65.9 Å². The zero-order valence-electron chi connectivity index (χ0n) is 15.1. The molecule has 3 heterocycles. The lowest BCUT2D eigenvalue weighted by atomic mass is 9.81. The fourth-order valence-electron chi connectivity index (χ4n) is 4.43. The molecule has 3 aromatic rings. The molecule has 2 aliphatic rings. The molecule has 1 atom stereocenters. The van der Waals surface area contributed by atoms with Gasteiger partial charge in [-0.15, -0.1) is 0 Å². The van der Waals surface area contributed by atoms with E-state index < -0.39 is 0 Å². The zero-order chi connectivity index (χ0) is 18.3. The standard InChI is InChI=1S/C22H23N3O2/c26-21(17-14-24-18-7-3-1-5-15(17)18)25-19-13-22(9-11-23-12-10-22)27-20-8-4-2-6-16(19)20/h1-8,14,19,23-24H,9-13H2,(H,25,26). The number of hydrogen-bond acceptors (Lipinski definition) is 3. The molecule has 5 nitrogen and oxygen atoms in total. The Morgan fingerprint density at radius 2 is 1.85 bits per heavy atom. The van der Waals surface area contributed by atoms with Crippen molar-refractivity contribution in [1.82, 2.24) is 15.6 Å². The number of amides is 1. The number of aromatic nitrogens is 1. The van der Waals surface area contributed by atoms with Crippen molar-refractivity contribution in [3.8, 4) is 5.75 Å². The Bertz CT molecular complexity index is 988. The molecule has 1 amide bonds. The predicted molar refractivity (Wildman–Crippen MR) is 105 cm³/mol. The maximum atomic E-state index is 13.1. The van der Waals surface area contributed by atoms with E-state index in [0.29, 0.717) is 5.56 Å². The molecule has 1 spiro atoms. The number of fused-ring (bicyclic) bond motifs is 2. The first-order valence-electron chi connectivity index (χ1n) is 9.60. The Labute approximate surface area is 158 Å². The lowest BCUT2D eigenvalue weighted by molar-refractivity contribution is 0.00366. The largest absolute Gasteiger partial charge is 0.487 e. The number of ether oxygens (including phenoxy) is 1. The first-order valence-corrected chi connectivity index (χ1v) is 9.60. The fourth-order valence-corrected chi connectivity index (χ4v) is 4.43. The van der Waals surface area contributed by atoms with Gasteiger partial charge in [0.15, 0.2) is 0 Å². The molecule has 1 saturated heterocycles. The van der Waals surface area contributed by atoms with E-state index in [1.54, 1.807) is 6.20 Å². The highest BCUT2D eigenvalue weighted by molar-refractivity contribution is 6.06. The Hall–Kier alpha value is -2.79. The van der Waals surface area contributed by atoms with E-state index in [4.69, 9.17) is 4.74 Å². The third-order valence-corrected chi connectivity index (χ3v) is 5.85. The van der Waals surface area contributed by atoms with E-state index in [0.717, 1.165) is 54.6 Å². The number of hydrogen-bond donors (Lipinski definition) is 3. The molecular weight excluding hydrogens is 338 g/mol. The summed E-state index contributed by atoms with van der Waals surface area (Å²) in [6, 6.07) is 15.9. The number of para-hydroxylation sites is 2. The lowest BCUT2D eigenvalue weighted by Gasteiger charge is -2.44. The number of H-pyrrole nitrogens is 1. The molecule has 5 heteroatoms. The molecule has 1 unspecified atom stereocenters. The summed E-state index contributed by atoms with van der Waals surface area (Å²) in [4.78, 5) is 16.3. The van der Waals surface area contributed by atoms with Crippen molar-refractivity contribution in [2.75, 3.05) is 13.1 Å². The summed E-state index contributed by atoms with van der Waals surface area (Å²) >= 11 is 0. The van der Waals surface area contributed by atoms with Crippen LogP contribution >= 0.6 is 0 Å². The van der Waals surface area contributed by atoms with Crippen LogP contribution in [0.1, 0.15) is 41.2 Å². The summed E-state index contributed by atoms with van der Waals surface area (Å²) in [5, 5.41) is 7.64. The highest BCUT2D eigenvalue weighted by Crippen LogP contribution is 2.43. The molecule has 0 saturated carbocycles. The van der Waals surface area contributed by atoms with Crippen LogP contribution in [-0.2, 0) is 0 Å². The monoisotopic (exact) mass is 361 g/mol. The van der Waals surface area contributed by atoms with Gasteiger partial charge in [0.2, 0.25) is 0 Å². The number of carbonyl (C=O) groups excluding carboxylic acids is 1. The van der Waals surface area contributed by atoms with Crippen LogP contribution in [0.25, 0.3) is 10.9 Å². The number of carbonyl (C=O) groups is 1.